The monoisotopic (exact) mass is 288 g/mol. The summed E-state index contributed by atoms with van der Waals surface area (Å²) in [5, 5.41) is 0. The van der Waals surface area contributed by atoms with Gasteiger partial charge in [-0.3, -0.25) is 4.99 Å². The molecule has 4 nitrogen and oxygen atoms in total. The molecule has 0 aromatic heterocycles. The highest BCUT2D eigenvalue weighted by Gasteiger charge is 2.16. The lowest BCUT2D eigenvalue weighted by Gasteiger charge is -2.28. The van der Waals surface area contributed by atoms with Gasteiger partial charge in [0.25, 0.3) is 0 Å². The van der Waals surface area contributed by atoms with E-state index >= 15 is 0 Å². The number of likely N-dealkylation sites (N-methyl/N-ethyl adjacent to an activating group) is 1. The van der Waals surface area contributed by atoms with E-state index in [1.165, 1.54) is 30.4 Å². The van der Waals surface area contributed by atoms with E-state index in [2.05, 4.69) is 60.1 Å². The zero-order chi connectivity index (χ0) is 15.2. The summed E-state index contributed by atoms with van der Waals surface area (Å²) < 4.78 is 0. The minimum absolute atomic E-state index is 0.272. The number of hydrogen-bond acceptors (Lipinski definition) is 2. The minimum Gasteiger partial charge on any atom is -0.370 e. The lowest BCUT2D eigenvalue weighted by atomic mass is 10.0. The number of hydrogen-bond donors (Lipinski definition) is 1. The molecule has 0 amide bonds. The molecule has 2 N–H and O–H groups in total. The first-order chi connectivity index (χ1) is 10.1. The zero-order valence-corrected chi connectivity index (χ0v) is 13.5. The Kier molecular flexibility index (Phi) is 5.62. The van der Waals surface area contributed by atoms with Crippen molar-refractivity contribution in [1.29, 1.82) is 0 Å². The molecule has 0 radical (unpaired) electrons. The Balaban J connectivity index is 2.04. The number of likely N-dealkylation sites (tertiary alicyclic amines) is 1. The number of aliphatic imine (C=N–C) groups is 1. The van der Waals surface area contributed by atoms with Crippen LogP contribution in [-0.4, -0.2) is 49.5 Å². The van der Waals surface area contributed by atoms with Gasteiger partial charge >= 0.3 is 0 Å². The van der Waals surface area contributed by atoms with E-state index in [1.807, 2.05) is 0 Å². The average Bonchev–Trinajstić information content (AvgIpc) is 2.49. The van der Waals surface area contributed by atoms with Crippen LogP contribution in [-0.2, 0) is 0 Å². The van der Waals surface area contributed by atoms with Crippen LogP contribution in [0.5, 0.6) is 0 Å². The predicted octanol–water partition coefficient (Wildman–Crippen LogP) is 2.40. The molecule has 1 atom stereocenters. The van der Waals surface area contributed by atoms with Crippen LogP contribution in [0.25, 0.3) is 0 Å². The van der Waals surface area contributed by atoms with E-state index in [0.29, 0.717) is 12.5 Å². The Morgan fingerprint density at radius 2 is 1.81 bits per heavy atom. The summed E-state index contributed by atoms with van der Waals surface area (Å²) in [5.41, 5.74) is 8.73. The van der Waals surface area contributed by atoms with Gasteiger partial charge in [0.15, 0.2) is 5.96 Å². The number of piperidine rings is 1. The molecule has 2 rings (SSSR count). The van der Waals surface area contributed by atoms with Crippen molar-refractivity contribution >= 4 is 5.96 Å². The molecule has 0 saturated carbocycles. The van der Waals surface area contributed by atoms with Crippen molar-refractivity contribution in [3.8, 4) is 0 Å². The highest BCUT2D eigenvalue weighted by Crippen LogP contribution is 2.19. The topological polar surface area (TPSA) is 44.9 Å². The fourth-order valence-corrected chi connectivity index (χ4v) is 2.76. The number of guanidine groups is 1. The molecule has 0 aliphatic carbocycles. The number of aryl methyl sites for hydroxylation is 1. The molecule has 1 unspecified atom stereocenters. The molecular formula is C17H28N4. The molecular weight excluding hydrogens is 260 g/mol. The van der Waals surface area contributed by atoms with Gasteiger partial charge in [0.05, 0.1) is 12.6 Å². The first-order valence-electron chi connectivity index (χ1n) is 7.86. The second-order valence-corrected chi connectivity index (χ2v) is 6.14. The van der Waals surface area contributed by atoms with Crippen molar-refractivity contribution in [2.45, 2.75) is 32.2 Å². The Labute approximate surface area is 128 Å². The second-order valence-electron chi connectivity index (χ2n) is 6.14. The Hall–Kier alpha value is -1.55. The summed E-state index contributed by atoms with van der Waals surface area (Å²) >= 11 is 0. The van der Waals surface area contributed by atoms with Crippen LogP contribution in [0, 0.1) is 6.92 Å². The van der Waals surface area contributed by atoms with Gasteiger partial charge in [-0.25, -0.2) is 0 Å². The predicted molar refractivity (Wildman–Crippen MR) is 89.5 cm³/mol. The molecule has 21 heavy (non-hydrogen) atoms. The maximum absolute atomic E-state index is 6.16. The fraction of sp³-hybridized carbons (Fsp3) is 0.588. The number of nitrogens with zero attached hydrogens (tertiary/aromatic N) is 3. The standard InChI is InChI=1S/C17H28N4/c1-14-7-9-15(10-8-14)16(20(2)3)13-19-17(18)21-11-5-4-6-12-21/h7-10,16H,4-6,11-13H2,1-3H3,(H2,18,19). The van der Waals surface area contributed by atoms with Crippen molar-refractivity contribution in [2.24, 2.45) is 10.7 Å². The van der Waals surface area contributed by atoms with Crippen LogP contribution in [0.1, 0.15) is 36.4 Å². The quantitative estimate of drug-likeness (QED) is 0.683. The summed E-state index contributed by atoms with van der Waals surface area (Å²) in [4.78, 5) is 9.07. The number of rotatable bonds is 4. The van der Waals surface area contributed by atoms with Gasteiger partial charge in [0.2, 0.25) is 0 Å². The highest BCUT2D eigenvalue weighted by molar-refractivity contribution is 5.78. The lowest BCUT2D eigenvalue weighted by molar-refractivity contribution is 0.302. The van der Waals surface area contributed by atoms with Gasteiger partial charge in [0, 0.05) is 13.1 Å². The van der Waals surface area contributed by atoms with Gasteiger partial charge in [0.1, 0.15) is 0 Å². The third-order valence-electron chi connectivity index (χ3n) is 4.19. The van der Waals surface area contributed by atoms with E-state index in [1.54, 1.807) is 0 Å². The third-order valence-corrected chi connectivity index (χ3v) is 4.19. The first kappa shape index (κ1) is 15.8. The molecule has 1 fully saturated rings. The molecule has 1 saturated heterocycles. The maximum atomic E-state index is 6.16. The molecule has 1 aliphatic heterocycles. The molecule has 1 aromatic rings. The van der Waals surface area contributed by atoms with Gasteiger partial charge in [-0.2, -0.15) is 0 Å². The van der Waals surface area contributed by atoms with Gasteiger partial charge in [-0.1, -0.05) is 29.8 Å². The van der Waals surface area contributed by atoms with Crippen molar-refractivity contribution in [2.75, 3.05) is 33.7 Å². The summed E-state index contributed by atoms with van der Waals surface area (Å²) in [6.45, 7) is 4.92. The van der Waals surface area contributed by atoms with E-state index in [-0.39, 0.29) is 6.04 Å². The molecule has 1 aliphatic rings. The van der Waals surface area contributed by atoms with Crippen LogP contribution < -0.4 is 5.73 Å². The molecule has 116 valence electrons. The highest BCUT2D eigenvalue weighted by atomic mass is 15.3. The molecule has 1 aromatic carbocycles. The largest absolute Gasteiger partial charge is 0.370 e. The van der Waals surface area contributed by atoms with Crippen LogP contribution >= 0.6 is 0 Å². The summed E-state index contributed by atoms with van der Waals surface area (Å²) in [7, 11) is 4.19. The van der Waals surface area contributed by atoms with Gasteiger partial charge < -0.3 is 15.5 Å². The fourth-order valence-electron chi connectivity index (χ4n) is 2.76. The average molecular weight is 288 g/mol. The normalized spacial score (nSPS) is 18.1. The van der Waals surface area contributed by atoms with Crippen LogP contribution in [0.2, 0.25) is 0 Å². The minimum atomic E-state index is 0.272. The van der Waals surface area contributed by atoms with E-state index in [9.17, 15) is 0 Å². The number of benzene rings is 1. The Bertz CT molecular complexity index is 458. The Morgan fingerprint density at radius 3 is 2.38 bits per heavy atom. The zero-order valence-electron chi connectivity index (χ0n) is 13.5. The SMILES string of the molecule is Cc1ccc(C(CN=C(N)N2CCCCC2)N(C)C)cc1. The van der Waals surface area contributed by atoms with Crippen molar-refractivity contribution in [3.05, 3.63) is 35.4 Å². The summed E-state index contributed by atoms with van der Waals surface area (Å²) in [6.07, 6.45) is 3.77. The van der Waals surface area contributed by atoms with E-state index < -0.39 is 0 Å². The van der Waals surface area contributed by atoms with E-state index in [4.69, 9.17) is 5.73 Å². The van der Waals surface area contributed by atoms with Gasteiger partial charge in [-0.05, 0) is 45.8 Å². The maximum Gasteiger partial charge on any atom is 0.191 e. The number of nitrogens with two attached hydrogens (primary N) is 1. The third kappa shape index (κ3) is 4.46. The second kappa shape index (κ2) is 7.46. The Morgan fingerprint density at radius 1 is 1.19 bits per heavy atom. The lowest BCUT2D eigenvalue weighted by Crippen LogP contribution is -2.41. The van der Waals surface area contributed by atoms with Crippen molar-refractivity contribution < 1.29 is 0 Å². The van der Waals surface area contributed by atoms with Crippen LogP contribution in [0.15, 0.2) is 29.3 Å². The summed E-state index contributed by atoms with van der Waals surface area (Å²) in [6, 6.07) is 8.96. The van der Waals surface area contributed by atoms with Gasteiger partial charge in [-0.15, -0.1) is 0 Å². The first-order valence-corrected chi connectivity index (χ1v) is 7.86. The summed E-state index contributed by atoms with van der Waals surface area (Å²) in [5.74, 6) is 0.702. The van der Waals surface area contributed by atoms with Crippen molar-refractivity contribution in [3.63, 3.8) is 0 Å². The molecule has 4 heteroatoms. The molecule has 1 heterocycles. The van der Waals surface area contributed by atoms with Crippen LogP contribution in [0.4, 0.5) is 0 Å². The van der Waals surface area contributed by atoms with E-state index in [0.717, 1.165) is 13.1 Å². The smallest absolute Gasteiger partial charge is 0.191 e. The van der Waals surface area contributed by atoms with Crippen molar-refractivity contribution in [1.82, 2.24) is 9.80 Å². The molecule has 0 bridgehead atoms. The molecule has 0 spiro atoms. The van der Waals surface area contributed by atoms with Crippen LogP contribution in [0.3, 0.4) is 0 Å².